The highest BCUT2D eigenvalue weighted by molar-refractivity contribution is 6.00. The van der Waals surface area contributed by atoms with E-state index in [2.05, 4.69) is 9.98 Å². The summed E-state index contributed by atoms with van der Waals surface area (Å²) < 4.78 is 4.93. The Balaban J connectivity index is 2.26. The van der Waals surface area contributed by atoms with Crippen LogP contribution in [0.1, 0.15) is 5.56 Å². The molecule has 17 heavy (non-hydrogen) atoms. The summed E-state index contributed by atoms with van der Waals surface area (Å²) in [5.74, 6) is 0.535. The van der Waals surface area contributed by atoms with E-state index in [1.807, 2.05) is 30.3 Å². The lowest BCUT2D eigenvalue weighted by Crippen LogP contribution is -2.14. The molecule has 0 fully saturated rings. The Kier molecular flexibility index (Phi) is 3.67. The number of methoxy groups -OCH3 is 1. The van der Waals surface area contributed by atoms with Crippen molar-refractivity contribution >= 4 is 16.7 Å². The van der Waals surface area contributed by atoms with Crippen LogP contribution in [0.25, 0.3) is 10.9 Å². The van der Waals surface area contributed by atoms with Crippen molar-refractivity contribution in [2.24, 2.45) is 10.7 Å². The summed E-state index contributed by atoms with van der Waals surface area (Å²) in [5, 5.41) is 1.06. The molecule has 1 aromatic heterocycles. The fourth-order valence-electron chi connectivity index (χ4n) is 1.58. The molecule has 0 aliphatic heterocycles. The molecule has 2 N–H and O–H groups in total. The first-order chi connectivity index (χ1) is 8.31. The number of ether oxygens (including phenoxy) is 1. The second kappa shape index (κ2) is 5.41. The van der Waals surface area contributed by atoms with E-state index in [-0.39, 0.29) is 0 Å². The van der Waals surface area contributed by atoms with E-state index in [0.717, 1.165) is 16.5 Å². The number of pyridine rings is 1. The lowest BCUT2D eigenvalue weighted by atomic mass is 10.1. The van der Waals surface area contributed by atoms with Gasteiger partial charge in [0.25, 0.3) is 0 Å². The van der Waals surface area contributed by atoms with E-state index in [1.54, 1.807) is 13.3 Å². The van der Waals surface area contributed by atoms with Crippen molar-refractivity contribution in [2.45, 2.75) is 0 Å². The van der Waals surface area contributed by atoms with Gasteiger partial charge in [-0.1, -0.05) is 6.07 Å². The number of aliphatic imine (C=N–C) groups is 1. The minimum atomic E-state index is 0.535. The molecular formula is C13H15N3O. The van der Waals surface area contributed by atoms with E-state index in [4.69, 9.17) is 10.5 Å². The average molecular weight is 229 g/mol. The number of aromatic nitrogens is 1. The first-order valence-electron chi connectivity index (χ1n) is 5.45. The standard InChI is InChI=1S/C13H15N3O/c1-17-8-7-16-13(14)11-4-5-12-10(9-11)3-2-6-15-12/h2-6,9H,7-8H2,1H3,(H2,14,16). The van der Waals surface area contributed by atoms with Gasteiger partial charge in [-0.05, 0) is 24.3 Å². The third-order valence-corrected chi connectivity index (χ3v) is 2.48. The van der Waals surface area contributed by atoms with Crippen LogP contribution in [0, 0.1) is 0 Å². The van der Waals surface area contributed by atoms with Crippen LogP contribution in [0.3, 0.4) is 0 Å². The predicted octanol–water partition coefficient (Wildman–Crippen LogP) is 1.59. The van der Waals surface area contributed by atoms with E-state index in [9.17, 15) is 0 Å². The molecule has 1 heterocycles. The zero-order valence-corrected chi connectivity index (χ0v) is 9.76. The normalized spacial score (nSPS) is 11.9. The molecule has 0 unspecified atom stereocenters. The monoisotopic (exact) mass is 229 g/mol. The van der Waals surface area contributed by atoms with Gasteiger partial charge in [0.2, 0.25) is 0 Å². The number of amidine groups is 1. The fraction of sp³-hybridized carbons (Fsp3) is 0.231. The molecule has 88 valence electrons. The van der Waals surface area contributed by atoms with Crippen molar-refractivity contribution < 1.29 is 4.74 Å². The van der Waals surface area contributed by atoms with Gasteiger partial charge in [-0.3, -0.25) is 9.98 Å². The number of benzene rings is 1. The number of nitrogens with zero attached hydrogens (tertiary/aromatic N) is 2. The van der Waals surface area contributed by atoms with Crippen molar-refractivity contribution in [3.05, 3.63) is 42.1 Å². The first-order valence-corrected chi connectivity index (χ1v) is 5.45. The summed E-state index contributed by atoms with van der Waals surface area (Å²) in [6.07, 6.45) is 1.78. The van der Waals surface area contributed by atoms with Gasteiger partial charge in [-0.15, -0.1) is 0 Å². The lowest BCUT2D eigenvalue weighted by molar-refractivity contribution is 0.208. The van der Waals surface area contributed by atoms with Gasteiger partial charge >= 0.3 is 0 Å². The average Bonchev–Trinajstić information content (AvgIpc) is 2.38. The van der Waals surface area contributed by atoms with Gasteiger partial charge in [0, 0.05) is 24.3 Å². The summed E-state index contributed by atoms with van der Waals surface area (Å²) in [6, 6.07) is 9.79. The molecule has 0 atom stereocenters. The van der Waals surface area contributed by atoms with Gasteiger partial charge in [0.05, 0.1) is 18.7 Å². The Bertz CT molecular complexity index is 537. The lowest BCUT2D eigenvalue weighted by Gasteiger charge is -2.03. The molecule has 0 saturated carbocycles. The van der Waals surface area contributed by atoms with Crippen LogP contribution in [-0.4, -0.2) is 31.1 Å². The topological polar surface area (TPSA) is 60.5 Å². The highest BCUT2D eigenvalue weighted by Crippen LogP contribution is 2.12. The Morgan fingerprint density at radius 3 is 3.12 bits per heavy atom. The Morgan fingerprint density at radius 1 is 1.41 bits per heavy atom. The molecular weight excluding hydrogens is 214 g/mol. The minimum Gasteiger partial charge on any atom is -0.384 e. The maximum atomic E-state index is 5.90. The zero-order chi connectivity index (χ0) is 12.1. The Hall–Kier alpha value is -1.94. The van der Waals surface area contributed by atoms with E-state index >= 15 is 0 Å². The minimum absolute atomic E-state index is 0.535. The Labute approximate surface area is 100 Å². The molecule has 1 aromatic carbocycles. The van der Waals surface area contributed by atoms with Crippen LogP contribution in [0.15, 0.2) is 41.5 Å². The summed E-state index contributed by atoms with van der Waals surface area (Å²) >= 11 is 0. The molecule has 2 aromatic rings. The van der Waals surface area contributed by atoms with Gasteiger partial charge in [0.15, 0.2) is 0 Å². The van der Waals surface area contributed by atoms with E-state index in [1.165, 1.54) is 0 Å². The molecule has 2 rings (SSSR count). The van der Waals surface area contributed by atoms with Crippen molar-refractivity contribution in [1.82, 2.24) is 4.98 Å². The summed E-state index contributed by atoms with van der Waals surface area (Å²) in [6.45, 7) is 1.16. The van der Waals surface area contributed by atoms with Gasteiger partial charge < -0.3 is 10.5 Å². The largest absolute Gasteiger partial charge is 0.384 e. The number of fused-ring (bicyclic) bond motifs is 1. The highest BCUT2D eigenvalue weighted by Gasteiger charge is 2.00. The molecule has 0 aliphatic carbocycles. The predicted molar refractivity (Wildman–Crippen MR) is 69.2 cm³/mol. The van der Waals surface area contributed by atoms with Crippen LogP contribution in [0.2, 0.25) is 0 Å². The molecule has 0 saturated heterocycles. The van der Waals surface area contributed by atoms with Gasteiger partial charge in [-0.25, -0.2) is 0 Å². The molecule has 4 heteroatoms. The molecule has 0 bridgehead atoms. The van der Waals surface area contributed by atoms with Crippen LogP contribution < -0.4 is 5.73 Å². The maximum absolute atomic E-state index is 5.90. The molecule has 0 aliphatic rings. The Morgan fingerprint density at radius 2 is 2.29 bits per heavy atom. The van der Waals surface area contributed by atoms with Crippen molar-refractivity contribution in [3.63, 3.8) is 0 Å². The number of hydrogen-bond acceptors (Lipinski definition) is 3. The molecule has 4 nitrogen and oxygen atoms in total. The SMILES string of the molecule is COCCN=C(N)c1ccc2ncccc2c1. The van der Waals surface area contributed by atoms with Crippen LogP contribution in [0.4, 0.5) is 0 Å². The van der Waals surface area contributed by atoms with Crippen molar-refractivity contribution in [2.75, 3.05) is 20.3 Å². The summed E-state index contributed by atoms with van der Waals surface area (Å²) in [7, 11) is 1.65. The third kappa shape index (κ3) is 2.79. The van der Waals surface area contributed by atoms with E-state index < -0.39 is 0 Å². The second-order valence-corrected chi connectivity index (χ2v) is 3.67. The highest BCUT2D eigenvalue weighted by atomic mass is 16.5. The van der Waals surface area contributed by atoms with E-state index in [0.29, 0.717) is 19.0 Å². The molecule has 0 radical (unpaired) electrons. The smallest absolute Gasteiger partial charge is 0.125 e. The third-order valence-electron chi connectivity index (χ3n) is 2.48. The van der Waals surface area contributed by atoms with Crippen molar-refractivity contribution in [1.29, 1.82) is 0 Å². The quantitative estimate of drug-likeness (QED) is 0.492. The van der Waals surface area contributed by atoms with Gasteiger partial charge in [0.1, 0.15) is 5.84 Å². The van der Waals surface area contributed by atoms with Crippen LogP contribution >= 0.6 is 0 Å². The van der Waals surface area contributed by atoms with Crippen LogP contribution in [-0.2, 0) is 4.74 Å². The summed E-state index contributed by atoms with van der Waals surface area (Å²) in [4.78, 5) is 8.50. The second-order valence-electron chi connectivity index (χ2n) is 3.67. The molecule has 0 spiro atoms. The van der Waals surface area contributed by atoms with Crippen LogP contribution in [0.5, 0.6) is 0 Å². The number of rotatable bonds is 4. The first kappa shape index (κ1) is 11.5. The molecule has 0 amide bonds. The zero-order valence-electron chi connectivity index (χ0n) is 9.76. The fourth-order valence-corrected chi connectivity index (χ4v) is 1.58. The van der Waals surface area contributed by atoms with Gasteiger partial charge in [-0.2, -0.15) is 0 Å². The number of nitrogens with two attached hydrogens (primary N) is 1. The van der Waals surface area contributed by atoms with Crippen molar-refractivity contribution in [3.8, 4) is 0 Å². The number of hydrogen-bond donors (Lipinski definition) is 1. The maximum Gasteiger partial charge on any atom is 0.125 e. The summed E-state index contributed by atoms with van der Waals surface area (Å²) in [5.41, 5.74) is 7.78.